The molecule has 180 valence electrons. The Labute approximate surface area is 212 Å². The number of nitrogens with two attached hydrogens (primary N) is 2. The van der Waals surface area contributed by atoms with Crippen molar-refractivity contribution >= 4 is 50.1 Å². The second-order valence-electron chi connectivity index (χ2n) is 8.57. The van der Waals surface area contributed by atoms with Crippen LogP contribution in [0.1, 0.15) is 12.8 Å². The van der Waals surface area contributed by atoms with Crippen LogP contribution < -0.4 is 21.1 Å². The van der Waals surface area contributed by atoms with Crippen molar-refractivity contribution in [3.8, 4) is 16.9 Å². The molecule has 1 aromatic heterocycles. The van der Waals surface area contributed by atoms with Gasteiger partial charge in [0.2, 0.25) is 0 Å². The molecule has 1 saturated heterocycles. The summed E-state index contributed by atoms with van der Waals surface area (Å²) in [5.74, 6) is 1.15. The number of H-pyrrole nitrogens is 1. The van der Waals surface area contributed by atoms with E-state index in [-0.39, 0.29) is 0 Å². The first-order chi connectivity index (χ1) is 17.0. The maximum Gasteiger partial charge on any atom is 0.323 e. The number of amides is 2. The van der Waals surface area contributed by atoms with Crippen molar-refractivity contribution in [1.82, 2.24) is 15.1 Å². The van der Waals surface area contributed by atoms with E-state index >= 15 is 0 Å². The van der Waals surface area contributed by atoms with Crippen molar-refractivity contribution in [2.45, 2.75) is 12.8 Å². The summed E-state index contributed by atoms with van der Waals surface area (Å²) in [6, 6.07) is 18.4. The molecule has 0 radical (unpaired) electrons. The average molecular weight is 535 g/mol. The van der Waals surface area contributed by atoms with Crippen LogP contribution in [0.5, 0.6) is 5.75 Å². The molecule has 0 atom stereocenters. The van der Waals surface area contributed by atoms with Gasteiger partial charge in [-0.2, -0.15) is 5.10 Å². The number of anilines is 3. The maximum atomic E-state index is 12.2. The first kappa shape index (κ1) is 23.2. The third kappa shape index (κ3) is 4.82. The second-order valence-corrected chi connectivity index (χ2v) is 9.48. The number of fused-ring (bicyclic) bond motifs is 1. The van der Waals surface area contributed by atoms with E-state index in [2.05, 4.69) is 31.0 Å². The van der Waals surface area contributed by atoms with Crippen LogP contribution in [0.2, 0.25) is 0 Å². The Balaban J connectivity index is 1.42. The highest BCUT2D eigenvalue weighted by atomic mass is 79.9. The summed E-state index contributed by atoms with van der Waals surface area (Å²) in [5.41, 5.74) is 15.9. The Hall–Kier alpha value is -3.56. The molecule has 0 spiro atoms. The number of aromatic nitrogens is 2. The van der Waals surface area contributed by atoms with E-state index < -0.39 is 6.03 Å². The molecule has 0 unspecified atom stereocenters. The number of nitrogens with one attached hydrogen (secondary N) is 1. The lowest BCUT2D eigenvalue weighted by Gasteiger charge is -2.21. The van der Waals surface area contributed by atoms with Gasteiger partial charge in [0, 0.05) is 11.0 Å². The first-order valence-corrected chi connectivity index (χ1v) is 12.4. The number of ether oxygens (including phenoxy) is 1. The van der Waals surface area contributed by atoms with E-state index in [1.807, 2.05) is 60.7 Å². The molecule has 1 aliphatic heterocycles. The summed E-state index contributed by atoms with van der Waals surface area (Å²) in [5, 5.41) is 8.08. The van der Waals surface area contributed by atoms with Crippen LogP contribution in [0.3, 0.4) is 0 Å². The molecule has 2 heterocycles. The number of nitrogen functional groups attached to an aromatic ring is 1. The molecule has 1 fully saturated rings. The zero-order chi connectivity index (χ0) is 24.4. The first-order valence-electron chi connectivity index (χ1n) is 11.6. The van der Waals surface area contributed by atoms with E-state index in [0.717, 1.165) is 51.9 Å². The van der Waals surface area contributed by atoms with Gasteiger partial charge in [-0.25, -0.2) is 4.79 Å². The van der Waals surface area contributed by atoms with Crippen LogP contribution in [0, 0.1) is 0 Å². The number of aromatic amines is 1. The second kappa shape index (κ2) is 9.97. The maximum absolute atomic E-state index is 12.2. The summed E-state index contributed by atoms with van der Waals surface area (Å²) < 4.78 is 6.95. The Kier molecular flexibility index (Phi) is 6.61. The number of benzene rings is 3. The van der Waals surface area contributed by atoms with Crippen LogP contribution in [-0.4, -0.2) is 47.4 Å². The topological polar surface area (TPSA) is 114 Å². The molecule has 3 aromatic carbocycles. The van der Waals surface area contributed by atoms with E-state index in [9.17, 15) is 4.79 Å². The van der Waals surface area contributed by atoms with Crippen LogP contribution in [0.4, 0.5) is 22.0 Å². The predicted octanol–water partition coefficient (Wildman–Crippen LogP) is 5.27. The highest BCUT2D eigenvalue weighted by Crippen LogP contribution is 2.37. The van der Waals surface area contributed by atoms with Gasteiger partial charge < -0.3 is 16.2 Å². The van der Waals surface area contributed by atoms with Crippen molar-refractivity contribution < 1.29 is 9.53 Å². The smallest absolute Gasteiger partial charge is 0.323 e. The number of carbonyl (C=O) groups excluding carboxylic acids is 1. The predicted molar refractivity (Wildman–Crippen MR) is 143 cm³/mol. The van der Waals surface area contributed by atoms with Crippen LogP contribution in [-0.2, 0) is 0 Å². The van der Waals surface area contributed by atoms with E-state index in [1.165, 1.54) is 17.7 Å². The number of rotatable bonds is 7. The Morgan fingerprint density at radius 2 is 1.86 bits per heavy atom. The lowest BCUT2D eigenvalue weighted by atomic mass is 10.0. The summed E-state index contributed by atoms with van der Waals surface area (Å²) in [4.78, 5) is 16.1. The minimum Gasteiger partial charge on any atom is -0.490 e. The van der Waals surface area contributed by atoms with Gasteiger partial charge in [0.05, 0.1) is 16.8 Å². The Morgan fingerprint density at radius 3 is 2.57 bits per heavy atom. The molecule has 8 nitrogen and oxygen atoms in total. The normalized spacial score (nSPS) is 13.9. The van der Waals surface area contributed by atoms with Gasteiger partial charge in [-0.3, -0.25) is 14.9 Å². The largest absolute Gasteiger partial charge is 0.490 e. The van der Waals surface area contributed by atoms with Gasteiger partial charge in [0.25, 0.3) is 0 Å². The molecule has 0 aliphatic carbocycles. The molecule has 0 saturated carbocycles. The van der Waals surface area contributed by atoms with Gasteiger partial charge in [-0.15, -0.1) is 0 Å². The third-order valence-corrected chi connectivity index (χ3v) is 6.79. The molecule has 35 heavy (non-hydrogen) atoms. The number of nitrogens with zero attached hydrogens (tertiary/aromatic N) is 3. The number of urea groups is 1. The van der Waals surface area contributed by atoms with Crippen molar-refractivity contribution in [2.75, 3.05) is 36.9 Å². The number of likely N-dealkylation sites (tertiary alicyclic amines) is 1. The van der Waals surface area contributed by atoms with Crippen LogP contribution >= 0.6 is 15.9 Å². The van der Waals surface area contributed by atoms with Gasteiger partial charge >= 0.3 is 6.03 Å². The number of hydrogen-bond acceptors (Lipinski definition) is 5. The number of primary amides is 1. The number of halogens is 1. The molecule has 1 aliphatic rings. The minimum atomic E-state index is -0.562. The van der Waals surface area contributed by atoms with E-state index in [0.29, 0.717) is 23.8 Å². The summed E-state index contributed by atoms with van der Waals surface area (Å²) in [6.45, 7) is 3.79. The number of hydrogen-bond donors (Lipinski definition) is 3. The Bertz CT molecular complexity index is 1350. The highest BCUT2D eigenvalue weighted by molar-refractivity contribution is 9.10. The molecule has 5 rings (SSSR count). The molecule has 2 amide bonds. The van der Waals surface area contributed by atoms with Gasteiger partial charge in [-0.1, -0.05) is 34.1 Å². The third-order valence-electron chi connectivity index (χ3n) is 6.30. The van der Waals surface area contributed by atoms with Crippen molar-refractivity contribution in [2.24, 2.45) is 5.73 Å². The van der Waals surface area contributed by atoms with Crippen molar-refractivity contribution in [3.05, 3.63) is 65.1 Å². The lowest BCUT2D eigenvalue weighted by molar-refractivity contribution is 0.239. The van der Waals surface area contributed by atoms with Gasteiger partial charge in [0.1, 0.15) is 17.9 Å². The fourth-order valence-corrected chi connectivity index (χ4v) is 4.98. The highest BCUT2D eigenvalue weighted by Gasteiger charge is 2.18. The monoisotopic (exact) mass is 534 g/mol. The van der Waals surface area contributed by atoms with Gasteiger partial charge in [0.15, 0.2) is 5.82 Å². The fraction of sp³-hybridized carbons (Fsp3) is 0.231. The molecular formula is C26H27BrN6O2. The van der Waals surface area contributed by atoms with Crippen molar-refractivity contribution in [3.63, 3.8) is 0 Å². The van der Waals surface area contributed by atoms with Gasteiger partial charge in [-0.05, 0) is 79.5 Å². The SMILES string of the molecule is NC(=O)N(c1ccc(-c2ccc(OCCN3CCCC3)c3[nH]nc(N)c23)cc1)c1cccc(Br)c1. The van der Waals surface area contributed by atoms with Crippen LogP contribution in [0.15, 0.2) is 65.1 Å². The average Bonchev–Trinajstić information content (AvgIpc) is 3.50. The molecule has 5 N–H and O–H groups in total. The van der Waals surface area contributed by atoms with E-state index in [4.69, 9.17) is 16.2 Å². The standard InChI is InChI=1S/C26H27BrN6O2/c27-18-4-3-5-20(16-18)33(26(29)34)19-8-6-17(7-9-19)21-10-11-22(24-23(21)25(28)31-30-24)35-15-14-32-12-1-2-13-32/h3-11,16H,1-2,12-15H2,(H2,29,34)(H3,28,30,31). The van der Waals surface area contributed by atoms with Crippen molar-refractivity contribution in [1.29, 1.82) is 0 Å². The lowest BCUT2D eigenvalue weighted by Crippen LogP contribution is -2.31. The summed E-state index contributed by atoms with van der Waals surface area (Å²) in [7, 11) is 0. The minimum absolute atomic E-state index is 0.414. The molecule has 4 aromatic rings. The number of carbonyl (C=O) groups is 1. The summed E-state index contributed by atoms with van der Waals surface area (Å²) in [6.07, 6.45) is 2.52. The fourth-order valence-electron chi connectivity index (χ4n) is 4.59. The quantitative estimate of drug-likeness (QED) is 0.299. The summed E-state index contributed by atoms with van der Waals surface area (Å²) >= 11 is 3.45. The Morgan fingerprint density at radius 1 is 1.09 bits per heavy atom. The van der Waals surface area contributed by atoms with Crippen LogP contribution in [0.25, 0.3) is 22.0 Å². The molecular weight excluding hydrogens is 508 g/mol. The molecule has 9 heteroatoms. The van der Waals surface area contributed by atoms with E-state index in [1.54, 1.807) is 0 Å². The zero-order valence-corrected chi connectivity index (χ0v) is 20.8. The zero-order valence-electron chi connectivity index (χ0n) is 19.2. The molecule has 0 bridgehead atoms.